The van der Waals surface area contributed by atoms with E-state index < -0.39 is 0 Å². The van der Waals surface area contributed by atoms with E-state index in [-0.39, 0.29) is 17.7 Å². The van der Waals surface area contributed by atoms with E-state index in [1.807, 2.05) is 24.3 Å². The molecule has 0 saturated heterocycles. The highest BCUT2D eigenvalue weighted by Crippen LogP contribution is 2.19. The highest BCUT2D eigenvalue weighted by Gasteiger charge is 2.18. The highest BCUT2D eigenvalue weighted by molar-refractivity contribution is 6.05. The number of hydrogen-bond acceptors (Lipinski definition) is 2. The summed E-state index contributed by atoms with van der Waals surface area (Å²) in [5.41, 5.74) is 1.70. The quantitative estimate of drug-likeness (QED) is 0.624. The third-order valence-electron chi connectivity index (χ3n) is 2.65. The van der Waals surface area contributed by atoms with Crippen LogP contribution in [0.25, 0.3) is 0 Å². The van der Waals surface area contributed by atoms with Crippen molar-refractivity contribution in [1.29, 1.82) is 0 Å². The third kappa shape index (κ3) is 2.19. The number of carbonyl (C=O) groups excluding carboxylic acids is 2. The van der Waals surface area contributed by atoms with Crippen LogP contribution in [0.5, 0.6) is 0 Å². The van der Waals surface area contributed by atoms with E-state index >= 15 is 0 Å². The molecular weight excluding hydrogens is 202 g/mol. The number of imide groups is 1. The van der Waals surface area contributed by atoms with E-state index in [9.17, 15) is 9.59 Å². The molecule has 2 aliphatic rings. The van der Waals surface area contributed by atoms with Crippen molar-refractivity contribution >= 4 is 11.8 Å². The number of carbonyl (C=O) groups is 2. The lowest BCUT2D eigenvalue weighted by molar-refractivity contribution is -0.129. The molecule has 2 amide bonds. The van der Waals surface area contributed by atoms with Crippen LogP contribution >= 0.6 is 0 Å². The standard InChI is InChI=1S/C13H13NO2/c1-9-4-2-5-10-6-3-7-11(8-10)13(16)14-12(9)15/h2-7,9H,8H2,1H3,(H,14,15,16)/b4-2-,10-5-. The van der Waals surface area contributed by atoms with Crippen LogP contribution in [0.4, 0.5) is 0 Å². The van der Waals surface area contributed by atoms with E-state index in [0.29, 0.717) is 12.0 Å². The molecule has 2 rings (SSSR count). The molecule has 3 nitrogen and oxygen atoms in total. The fraction of sp³-hybridized carbons (Fsp3) is 0.231. The van der Waals surface area contributed by atoms with Crippen molar-refractivity contribution < 1.29 is 9.59 Å². The summed E-state index contributed by atoms with van der Waals surface area (Å²) >= 11 is 0. The first-order chi connectivity index (χ1) is 7.66. The van der Waals surface area contributed by atoms with E-state index in [0.717, 1.165) is 5.57 Å². The van der Waals surface area contributed by atoms with Gasteiger partial charge in [0, 0.05) is 12.0 Å². The van der Waals surface area contributed by atoms with Gasteiger partial charge in [-0.15, -0.1) is 0 Å². The maximum Gasteiger partial charge on any atom is 0.254 e. The first kappa shape index (κ1) is 10.6. The van der Waals surface area contributed by atoms with Gasteiger partial charge in [0.2, 0.25) is 5.91 Å². The second-order valence-electron chi connectivity index (χ2n) is 3.96. The van der Waals surface area contributed by atoms with Crippen LogP contribution in [-0.2, 0) is 9.59 Å². The first-order valence-corrected chi connectivity index (χ1v) is 5.26. The molecule has 82 valence electrons. The zero-order chi connectivity index (χ0) is 11.5. The van der Waals surface area contributed by atoms with Gasteiger partial charge in [-0.1, -0.05) is 43.4 Å². The Morgan fingerprint density at radius 2 is 2.06 bits per heavy atom. The van der Waals surface area contributed by atoms with Crippen LogP contribution in [0, 0.1) is 5.92 Å². The lowest BCUT2D eigenvalue weighted by atomic mass is 9.97. The summed E-state index contributed by atoms with van der Waals surface area (Å²) in [4.78, 5) is 23.3. The van der Waals surface area contributed by atoms with Crippen molar-refractivity contribution in [1.82, 2.24) is 5.32 Å². The summed E-state index contributed by atoms with van der Waals surface area (Å²) in [5, 5.41) is 2.40. The van der Waals surface area contributed by atoms with Crippen LogP contribution in [0.15, 0.2) is 47.6 Å². The molecule has 2 bridgehead atoms. The molecule has 0 spiro atoms. The number of amides is 2. The van der Waals surface area contributed by atoms with Gasteiger partial charge in [-0.05, 0) is 5.57 Å². The number of nitrogens with one attached hydrogen (secondary N) is 1. The van der Waals surface area contributed by atoms with Gasteiger partial charge in [0.15, 0.2) is 0 Å². The van der Waals surface area contributed by atoms with Crippen molar-refractivity contribution in [3.63, 3.8) is 0 Å². The first-order valence-electron chi connectivity index (χ1n) is 5.26. The molecule has 1 aliphatic carbocycles. The van der Waals surface area contributed by atoms with Gasteiger partial charge >= 0.3 is 0 Å². The smallest absolute Gasteiger partial charge is 0.254 e. The van der Waals surface area contributed by atoms with E-state index in [2.05, 4.69) is 5.32 Å². The Balaban J connectivity index is 2.36. The number of allylic oxidation sites excluding steroid dienone is 6. The molecule has 0 aromatic rings. The van der Waals surface area contributed by atoms with Crippen LogP contribution in [0.3, 0.4) is 0 Å². The zero-order valence-electron chi connectivity index (χ0n) is 9.07. The van der Waals surface area contributed by atoms with Gasteiger partial charge in [0.25, 0.3) is 5.91 Å². The Morgan fingerprint density at radius 1 is 1.25 bits per heavy atom. The Bertz CT molecular complexity index is 453. The van der Waals surface area contributed by atoms with E-state index in [1.54, 1.807) is 19.1 Å². The summed E-state index contributed by atoms with van der Waals surface area (Å²) in [7, 11) is 0. The van der Waals surface area contributed by atoms with E-state index in [4.69, 9.17) is 0 Å². The molecule has 3 heteroatoms. The fourth-order valence-electron chi connectivity index (χ4n) is 1.64. The normalized spacial score (nSPS) is 29.9. The summed E-state index contributed by atoms with van der Waals surface area (Å²) in [5.74, 6) is -0.833. The highest BCUT2D eigenvalue weighted by atomic mass is 16.2. The van der Waals surface area contributed by atoms with Gasteiger partial charge in [-0.2, -0.15) is 0 Å². The predicted molar refractivity (Wildman–Crippen MR) is 61.4 cm³/mol. The van der Waals surface area contributed by atoms with Crippen LogP contribution in [0.2, 0.25) is 0 Å². The van der Waals surface area contributed by atoms with Gasteiger partial charge in [-0.25, -0.2) is 0 Å². The lowest BCUT2D eigenvalue weighted by Gasteiger charge is -2.14. The van der Waals surface area contributed by atoms with Gasteiger partial charge < -0.3 is 0 Å². The number of hydrogen-bond donors (Lipinski definition) is 1. The SMILES string of the molecule is CC1/C=C\C=C2\C=CC=C(C2)C(=O)NC1=O. The van der Waals surface area contributed by atoms with E-state index in [1.165, 1.54) is 0 Å². The second kappa shape index (κ2) is 4.31. The molecule has 1 heterocycles. The second-order valence-corrected chi connectivity index (χ2v) is 3.96. The summed E-state index contributed by atoms with van der Waals surface area (Å²) in [6.45, 7) is 1.76. The zero-order valence-corrected chi connectivity index (χ0v) is 9.07. The number of fused-ring (bicyclic) bond motifs is 2. The Labute approximate surface area is 94.2 Å². The molecule has 1 aliphatic heterocycles. The summed E-state index contributed by atoms with van der Waals surface area (Å²) in [6.07, 6.45) is 11.7. The molecule has 0 radical (unpaired) electrons. The minimum Gasteiger partial charge on any atom is -0.292 e. The average molecular weight is 215 g/mol. The Kier molecular flexibility index (Phi) is 2.86. The molecule has 1 unspecified atom stereocenters. The maximum atomic E-state index is 11.7. The van der Waals surface area contributed by atoms with Crippen molar-refractivity contribution in [3.8, 4) is 0 Å². The van der Waals surface area contributed by atoms with Crippen molar-refractivity contribution in [2.45, 2.75) is 13.3 Å². The average Bonchev–Trinajstić information content (AvgIpc) is 2.28. The Morgan fingerprint density at radius 3 is 2.88 bits per heavy atom. The lowest BCUT2D eigenvalue weighted by Crippen LogP contribution is -2.35. The largest absolute Gasteiger partial charge is 0.292 e. The molecule has 0 fully saturated rings. The molecule has 0 saturated carbocycles. The third-order valence-corrected chi connectivity index (χ3v) is 2.65. The topological polar surface area (TPSA) is 46.2 Å². The van der Waals surface area contributed by atoms with Crippen LogP contribution in [-0.4, -0.2) is 11.8 Å². The van der Waals surface area contributed by atoms with Crippen molar-refractivity contribution in [3.05, 3.63) is 47.6 Å². The minimum atomic E-state index is -0.289. The van der Waals surface area contributed by atoms with Gasteiger partial charge in [-0.3, -0.25) is 14.9 Å². The molecule has 0 aromatic heterocycles. The molecular formula is C13H13NO2. The van der Waals surface area contributed by atoms with Gasteiger partial charge in [0.05, 0.1) is 5.92 Å². The van der Waals surface area contributed by atoms with Crippen molar-refractivity contribution in [2.24, 2.45) is 5.92 Å². The number of rotatable bonds is 0. The predicted octanol–water partition coefficient (Wildman–Crippen LogP) is 1.65. The van der Waals surface area contributed by atoms with Crippen LogP contribution in [0.1, 0.15) is 13.3 Å². The van der Waals surface area contributed by atoms with Gasteiger partial charge in [0.1, 0.15) is 0 Å². The van der Waals surface area contributed by atoms with Crippen molar-refractivity contribution in [2.75, 3.05) is 0 Å². The molecule has 0 aromatic carbocycles. The maximum absolute atomic E-state index is 11.7. The monoisotopic (exact) mass is 215 g/mol. The minimum absolute atomic E-state index is 0.256. The fourth-order valence-corrected chi connectivity index (χ4v) is 1.64. The Hall–Kier alpha value is -1.90. The summed E-state index contributed by atoms with van der Waals surface area (Å²) < 4.78 is 0. The molecule has 16 heavy (non-hydrogen) atoms. The van der Waals surface area contributed by atoms with Crippen LogP contribution < -0.4 is 5.32 Å². The molecule has 1 atom stereocenters. The summed E-state index contributed by atoms with van der Waals surface area (Å²) in [6, 6.07) is 0. The molecule has 1 N–H and O–H groups in total.